The minimum atomic E-state index is -0.759. The lowest BCUT2D eigenvalue weighted by molar-refractivity contribution is 0.0177. The van der Waals surface area contributed by atoms with Crippen molar-refractivity contribution in [2.45, 2.75) is 52.2 Å². The molecule has 1 saturated heterocycles. The third kappa shape index (κ3) is 5.78. The van der Waals surface area contributed by atoms with Crippen molar-refractivity contribution in [3.8, 4) is 11.4 Å². The molecule has 2 aromatic carbocycles. The molecule has 0 bridgehead atoms. The van der Waals surface area contributed by atoms with E-state index in [2.05, 4.69) is 26.2 Å². The minimum absolute atomic E-state index is 0.0249. The van der Waals surface area contributed by atoms with Crippen LogP contribution in [0.1, 0.15) is 46.1 Å². The number of ether oxygens (including phenoxy) is 2. The van der Waals surface area contributed by atoms with Gasteiger partial charge in [-0.3, -0.25) is 14.3 Å². The van der Waals surface area contributed by atoms with E-state index in [1.807, 2.05) is 26.0 Å². The maximum atomic E-state index is 15.4. The zero-order valence-corrected chi connectivity index (χ0v) is 23.6. The molecule has 0 radical (unpaired) electrons. The number of aromatic nitrogens is 2. The number of piperazine rings is 1. The Morgan fingerprint density at radius 1 is 1.24 bits per heavy atom. The summed E-state index contributed by atoms with van der Waals surface area (Å²) in [5.41, 5.74) is -0.336. The second-order valence-electron chi connectivity index (χ2n) is 10.6. The number of carbonyl (C=O) groups excluding carboxylic acids is 1. The molecule has 2 N–H and O–H groups in total. The largest absolute Gasteiger partial charge is 0.488 e. The summed E-state index contributed by atoms with van der Waals surface area (Å²) in [4.78, 5) is 42.4. The molecule has 1 amide bonds. The van der Waals surface area contributed by atoms with Gasteiger partial charge in [0.2, 0.25) is 0 Å². The molecule has 0 unspecified atom stereocenters. The average Bonchev–Trinajstić information content (AvgIpc) is 2.84. The Balaban J connectivity index is 1.72. The van der Waals surface area contributed by atoms with Gasteiger partial charge in [0.05, 0.1) is 21.7 Å². The number of benzene rings is 2. The van der Waals surface area contributed by atoms with Gasteiger partial charge in [0.25, 0.3) is 5.56 Å². The van der Waals surface area contributed by atoms with Crippen LogP contribution in [0.2, 0.25) is 0 Å². The number of nitrogens with one attached hydrogen (secondary N) is 2. The quantitative estimate of drug-likeness (QED) is 0.459. The Labute approximate surface area is 228 Å². The summed E-state index contributed by atoms with van der Waals surface area (Å²) < 4.78 is 28.2. The zero-order chi connectivity index (χ0) is 27.8. The molecule has 0 aliphatic carbocycles. The monoisotopic (exact) mass is 590 g/mol. The first-order valence-electron chi connectivity index (χ1n) is 12.5. The second kappa shape index (κ2) is 10.9. The van der Waals surface area contributed by atoms with Crippen LogP contribution < -0.4 is 21.3 Å². The highest BCUT2D eigenvalue weighted by atomic mass is 79.9. The highest BCUT2D eigenvalue weighted by molar-refractivity contribution is 9.10. The second-order valence-corrected chi connectivity index (χ2v) is 11.4. The minimum Gasteiger partial charge on any atom is -0.488 e. The standard InChI is InChI=1S/C27H32BrFN4O5/c1-15(2)17-8-6-7-9-19(17)33-20-12-18(28)22(29)23(21(20)24(34)31-25(33)35)37-14-16-13-32(11-10-30-16)26(36)38-27(3,4)5/h6-9,12,15-16,30H,10-11,13-14H2,1-5H3,(H,31,34,35)/t16-/m0/s1. The maximum absolute atomic E-state index is 15.4. The van der Waals surface area contributed by atoms with E-state index in [1.54, 1.807) is 37.8 Å². The first kappa shape index (κ1) is 27.8. The van der Waals surface area contributed by atoms with Crippen molar-refractivity contribution in [2.24, 2.45) is 0 Å². The molecule has 38 heavy (non-hydrogen) atoms. The van der Waals surface area contributed by atoms with E-state index in [1.165, 1.54) is 10.6 Å². The van der Waals surface area contributed by atoms with Crippen molar-refractivity contribution in [3.63, 3.8) is 0 Å². The number of carbonyl (C=O) groups is 1. The summed E-state index contributed by atoms with van der Waals surface area (Å²) in [6.45, 7) is 10.6. The Hall–Kier alpha value is -3.18. The fourth-order valence-electron chi connectivity index (χ4n) is 4.48. The number of amides is 1. The molecule has 11 heteroatoms. The molecule has 1 aliphatic heterocycles. The smallest absolute Gasteiger partial charge is 0.410 e. The van der Waals surface area contributed by atoms with Gasteiger partial charge >= 0.3 is 11.8 Å². The number of hydrogen-bond donors (Lipinski definition) is 2. The van der Waals surface area contributed by atoms with Gasteiger partial charge in [-0.25, -0.2) is 14.0 Å². The summed E-state index contributed by atoms with van der Waals surface area (Å²) >= 11 is 3.23. The van der Waals surface area contributed by atoms with Crippen molar-refractivity contribution < 1.29 is 18.7 Å². The average molecular weight is 591 g/mol. The third-order valence-corrected chi connectivity index (χ3v) is 6.76. The molecule has 3 aromatic rings. The fraction of sp³-hybridized carbons (Fsp3) is 0.444. The topological polar surface area (TPSA) is 106 Å². The normalized spacial score (nSPS) is 16.2. The molecule has 9 nitrogen and oxygen atoms in total. The first-order chi connectivity index (χ1) is 17.9. The van der Waals surface area contributed by atoms with Crippen LogP contribution in [-0.2, 0) is 4.74 Å². The molecule has 1 aromatic heterocycles. The zero-order valence-electron chi connectivity index (χ0n) is 22.1. The number of halogens is 2. The third-order valence-electron chi connectivity index (χ3n) is 6.18. The summed E-state index contributed by atoms with van der Waals surface area (Å²) in [6.07, 6.45) is -0.438. The number of hydrogen-bond acceptors (Lipinski definition) is 6. The molecule has 1 atom stereocenters. The number of rotatable bonds is 5. The van der Waals surface area contributed by atoms with Gasteiger partial charge < -0.3 is 19.7 Å². The van der Waals surface area contributed by atoms with Crippen LogP contribution in [0.3, 0.4) is 0 Å². The molecule has 1 fully saturated rings. The van der Waals surface area contributed by atoms with E-state index in [-0.39, 0.29) is 46.2 Å². The number of nitrogens with zero attached hydrogens (tertiary/aromatic N) is 2. The first-order valence-corrected chi connectivity index (χ1v) is 13.3. The van der Waals surface area contributed by atoms with Crippen LogP contribution in [0.15, 0.2) is 44.4 Å². The predicted octanol–water partition coefficient (Wildman–Crippen LogP) is 4.29. The van der Waals surface area contributed by atoms with Crippen LogP contribution in [0, 0.1) is 5.82 Å². The van der Waals surface area contributed by atoms with E-state index in [9.17, 15) is 14.4 Å². The van der Waals surface area contributed by atoms with E-state index < -0.39 is 28.8 Å². The van der Waals surface area contributed by atoms with Crippen molar-refractivity contribution in [2.75, 3.05) is 26.2 Å². The molecule has 0 saturated carbocycles. The Bertz CT molecular complexity index is 1480. The van der Waals surface area contributed by atoms with Gasteiger partial charge in [-0.15, -0.1) is 0 Å². The SMILES string of the molecule is CC(C)c1ccccc1-n1c(=O)[nH]c(=O)c2c(OC[C@@H]3CN(C(=O)OC(C)(C)C)CCN3)c(F)c(Br)cc21. The summed E-state index contributed by atoms with van der Waals surface area (Å²) in [6, 6.07) is 8.43. The number of para-hydroxylation sites is 1. The van der Waals surface area contributed by atoms with Gasteiger partial charge in [-0.2, -0.15) is 0 Å². The van der Waals surface area contributed by atoms with Crippen LogP contribution in [0.4, 0.5) is 9.18 Å². The highest BCUT2D eigenvalue weighted by Gasteiger charge is 2.29. The van der Waals surface area contributed by atoms with Gasteiger partial charge in [0, 0.05) is 19.6 Å². The molecule has 2 heterocycles. The van der Waals surface area contributed by atoms with Crippen LogP contribution in [0.25, 0.3) is 16.6 Å². The van der Waals surface area contributed by atoms with Crippen molar-refractivity contribution in [1.82, 2.24) is 19.8 Å². The van der Waals surface area contributed by atoms with E-state index in [4.69, 9.17) is 9.47 Å². The van der Waals surface area contributed by atoms with E-state index in [0.717, 1.165) is 5.56 Å². The van der Waals surface area contributed by atoms with Gasteiger partial charge in [-0.05, 0) is 60.3 Å². The molecule has 204 valence electrons. The van der Waals surface area contributed by atoms with Gasteiger partial charge in [-0.1, -0.05) is 32.0 Å². The molecule has 4 rings (SSSR count). The summed E-state index contributed by atoms with van der Waals surface area (Å²) in [5, 5.41) is 3.17. The summed E-state index contributed by atoms with van der Waals surface area (Å²) in [5.74, 6) is -0.947. The molecular weight excluding hydrogens is 559 g/mol. The molecular formula is C27H32BrFN4O5. The maximum Gasteiger partial charge on any atom is 0.410 e. The Kier molecular flexibility index (Phi) is 7.98. The Morgan fingerprint density at radius 2 is 1.95 bits per heavy atom. The molecule has 0 spiro atoms. The summed E-state index contributed by atoms with van der Waals surface area (Å²) in [7, 11) is 0. The molecule has 1 aliphatic rings. The van der Waals surface area contributed by atoms with Crippen molar-refractivity contribution in [3.05, 3.63) is 67.0 Å². The number of fused-ring (bicyclic) bond motifs is 1. The fourth-order valence-corrected chi connectivity index (χ4v) is 4.88. The van der Waals surface area contributed by atoms with Crippen LogP contribution in [0.5, 0.6) is 5.75 Å². The lowest BCUT2D eigenvalue weighted by atomic mass is 10.0. The van der Waals surface area contributed by atoms with E-state index in [0.29, 0.717) is 18.8 Å². The van der Waals surface area contributed by atoms with Gasteiger partial charge in [0.1, 0.15) is 17.6 Å². The number of aromatic amines is 1. The van der Waals surface area contributed by atoms with E-state index >= 15 is 4.39 Å². The van der Waals surface area contributed by atoms with Crippen molar-refractivity contribution >= 4 is 32.9 Å². The van der Waals surface area contributed by atoms with Crippen LogP contribution in [-0.4, -0.2) is 58.4 Å². The highest BCUT2D eigenvalue weighted by Crippen LogP contribution is 2.34. The Morgan fingerprint density at radius 3 is 2.63 bits per heavy atom. The predicted molar refractivity (Wildman–Crippen MR) is 147 cm³/mol. The van der Waals surface area contributed by atoms with Gasteiger partial charge in [0.15, 0.2) is 11.6 Å². The number of H-pyrrole nitrogens is 1. The lowest BCUT2D eigenvalue weighted by Gasteiger charge is -2.34. The lowest BCUT2D eigenvalue weighted by Crippen LogP contribution is -2.55. The van der Waals surface area contributed by atoms with Crippen LogP contribution >= 0.6 is 15.9 Å². The van der Waals surface area contributed by atoms with Crippen molar-refractivity contribution in [1.29, 1.82) is 0 Å².